The minimum absolute atomic E-state index is 0.0413. The molecule has 3 aromatic rings. The van der Waals surface area contributed by atoms with Crippen LogP contribution in [0.1, 0.15) is 36.1 Å². The zero-order valence-electron chi connectivity index (χ0n) is 18.9. The number of hydrogen-bond donors (Lipinski definition) is 3. The summed E-state index contributed by atoms with van der Waals surface area (Å²) >= 11 is 1.18. The lowest BCUT2D eigenvalue weighted by Gasteiger charge is -2.19. The monoisotopic (exact) mass is 543 g/mol. The molecule has 2 aromatic heterocycles. The SMILES string of the molecule is O=CO.O=S(=O)(Nc1cscn1)c1ccc(NCc2c(F)cccc2CN2CCCC2)c(C(F)F)n1. The molecule has 1 saturated heterocycles. The second-order valence-corrected chi connectivity index (χ2v) is 10.0. The molecule has 0 bridgehead atoms. The Morgan fingerprint density at radius 2 is 1.92 bits per heavy atom. The summed E-state index contributed by atoms with van der Waals surface area (Å²) in [6.45, 7) is 2.16. The van der Waals surface area contributed by atoms with Crippen LogP contribution in [0, 0.1) is 5.82 Å². The van der Waals surface area contributed by atoms with Gasteiger partial charge in [0.25, 0.3) is 22.9 Å². The molecule has 14 heteroatoms. The fourth-order valence-electron chi connectivity index (χ4n) is 3.69. The maximum absolute atomic E-state index is 14.6. The molecule has 0 radical (unpaired) electrons. The van der Waals surface area contributed by atoms with Gasteiger partial charge < -0.3 is 10.4 Å². The van der Waals surface area contributed by atoms with Crippen molar-refractivity contribution in [3.63, 3.8) is 0 Å². The molecule has 4 rings (SSSR count). The third-order valence-electron chi connectivity index (χ3n) is 5.32. The van der Waals surface area contributed by atoms with E-state index in [0.29, 0.717) is 12.1 Å². The zero-order chi connectivity index (χ0) is 26.1. The molecule has 0 atom stereocenters. The van der Waals surface area contributed by atoms with Crippen molar-refractivity contribution >= 4 is 39.3 Å². The Morgan fingerprint density at radius 1 is 1.19 bits per heavy atom. The smallest absolute Gasteiger partial charge is 0.290 e. The van der Waals surface area contributed by atoms with Crippen molar-refractivity contribution in [3.05, 3.63) is 63.9 Å². The number of benzene rings is 1. The maximum Gasteiger partial charge on any atom is 0.290 e. The van der Waals surface area contributed by atoms with Gasteiger partial charge in [-0.2, -0.15) is 8.42 Å². The van der Waals surface area contributed by atoms with Gasteiger partial charge in [-0.25, -0.2) is 23.1 Å². The van der Waals surface area contributed by atoms with Crippen LogP contribution in [0.5, 0.6) is 0 Å². The van der Waals surface area contributed by atoms with Crippen molar-refractivity contribution in [2.75, 3.05) is 23.1 Å². The number of nitrogens with zero attached hydrogens (tertiary/aromatic N) is 3. The van der Waals surface area contributed by atoms with E-state index in [0.717, 1.165) is 37.6 Å². The Kier molecular flexibility index (Phi) is 9.61. The largest absolute Gasteiger partial charge is 0.483 e. The van der Waals surface area contributed by atoms with Crippen molar-refractivity contribution in [1.29, 1.82) is 0 Å². The van der Waals surface area contributed by atoms with Gasteiger partial charge in [-0.3, -0.25) is 14.4 Å². The molecule has 1 aromatic carbocycles. The molecule has 0 unspecified atom stereocenters. The van der Waals surface area contributed by atoms with E-state index in [1.165, 1.54) is 34.4 Å². The van der Waals surface area contributed by atoms with Crippen LogP contribution in [-0.2, 0) is 27.9 Å². The van der Waals surface area contributed by atoms with Gasteiger partial charge in [0.2, 0.25) is 0 Å². The molecule has 0 amide bonds. The molecule has 0 aliphatic carbocycles. The summed E-state index contributed by atoms with van der Waals surface area (Å²) in [4.78, 5) is 18.1. The molecule has 9 nitrogen and oxygen atoms in total. The first-order chi connectivity index (χ1) is 17.2. The molecular formula is C22H24F3N5O4S2. The number of anilines is 2. The van der Waals surface area contributed by atoms with Crippen LogP contribution < -0.4 is 10.0 Å². The van der Waals surface area contributed by atoms with Crippen LogP contribution >= 0.6 is 11.3 Å². The van der Waals surface area contributed by atoms with E-state index in [4.69, 9.17) is 9.90 Å². The highest BCUT2D eigenvalue weighted by atomic mass is 32.2. The maximum atomic E-state index is 14.6. The van der Waals surface area contributed by atoms with E-state index in [2.05, 4.69) is 24.9 Å². The van der Waals surface area contributed by atoms with Gasteiger partial charge >= 0.3 is 0 Å². The Labute approximate surface area is 210 Å². The molecule has 0 spiro atoms. The van der Waals surface area contributed by atoms with E-state index < -0.39 is 33.0 Å². The molecule has 3 N–H and O–H groups in total. The third-order valence-corrected chi connectivity index (χ3v) is 7.16. The van der Waals surface area contributed by atoms with Crippen molar-refractivity contribution in [2.45, 2.75) is 37.4 Å². The molecule has 1 aliphatic heterocycles. The number of hydrogen-bond acceptors (Lipinski definition) is 8. The van der Waals surface area contributed by atoms with Gasteiger partial charge in [0.15, 0.2) is 10.8 Å². The number of sulfonamides is 1. The number of carbonyl (C=O) groups is 1. The van der Waals surface area contributed by atoms with Crippen molar-refractivity contribution in [1.82, 2.24) is 14.9 Å². The average molecular weight is 544 g/mol. The van der Waals surface area contributed by atoms with Gasteiger partial charge in [-0.15, -0.1) is 11.3 Å². The predicted octanol–water partition coefficient (Wildman–Crippen LogP) is 4.32. The van der Waals surface area contributed by atoms with Crippen LogP contribution in [0.15, 0.2) is 46.2 Å². The fourth-order valence-corrected chi connectivity index (χ4v) is 5.21. The summed E-state index contributed by atoms with van der Waals surface area (Å²) in [5.74, 6) is -0.356. The third kappa shape index (κ3) is 7.15. The Hall–Kier alpha value is -3.23. The summed E-state index contributed by atoms with van der Waals surface area (Å²) in [7, 11) is -4.19. The standard InChI is InChI=1S/C21H22F3N5O2S2.CH2O2/c22-16-5-3-4-14(11-29-8-1-2-9-29)15(16)10-25-17-6-7-19(27-20(17)21(23)24)33(30,31)28-18-12-32-13-26-18;2-1-3/h3-7,12-13,21,25,28H,1-2,8-11H2;1H,(H,2,3). The van der Waals surface area contributed by atoms with Gasteiger partial charge in [0.05, 0.1) is 11.2 Å². The fraction of sp³-hybridized carbons (Fsp3) is 0.318. The summed E-state index contributed by atoms with van der Waals surface area (Å²) < 4.78 is 69.2. The first kappa shape index (κ1) is 27.4. The second kappa shape index (κ2) is 12.6. The minimum Gasteiger partial charge on any atom is -0.483 e. The van der Waals surface area contributed by atoms with Crippen LogP contribution in [0.3, 0.4) is 0 Å². The number of alkyl halides is 2. The highest BCUT2D eigenvalue weighted by Gasteiger charge is 2.23. The number of rotatable bonds is 9. The average Bonchev–Trinajstić information content (AvgIpc) is 3.53. The number of nitrogens with one attached hydrogen (secondary N) is 2. The molecule has 1 aliphatic rings. The van der Waals surface area contributed by atoms with Gasteiger partial charge in [-0.05, 0) is 49.7 Å². The van der Waals surface area contributed by atoms with Crippen molar-refractivity contribution in [2.24, 2.45) is 0 Å². The normalized spacial score (nSPS) is 13.8. The first-order valence-corrected chi connectivity index (χ1v) is 13.2. The quantitative estimate of drug-likeness (QED) is 0.341. The van der Waals surface area contributed by atoms with Gasteiger partial charge in [-0.1, -0.05) is 12.1 Å². The number of pyridine rings is 1. The number of halogens is 3. The Bertz CT molecular complexity index is 1250. The van der Waals surface area contributed by atoms with E-state index in [1.807, 2.05) is 6.07 Å². The number of likely N-dealkylation sites (tertiary alicyclic amines) is 1. The minimum atomic E-state index is -4.19. The molecule has 1 fully saturated rings. The molecular weight excluding hydrogens is 519 g/mol. The number of aromatic nitrogens is 2. The lowest BCUT2D eigenvalue weighted by atomic mass is 10.1. The first-order valence-electron chi connectivity index (χ1n) is 10.8. The van der Waals surface area contributed by atoms with Gasteiger partial charge in [0.1, 0.15) is 11.5 Å². The molecule has 194 valence electrons. The Morgan fingerprint density at radius 3 is 2.56 bits per heavy atom. The van der Waals surface area contributed by atoms with E-state index in [1.54, 1.807) is 6.07 Å². The molecule has 0 saturated carbocycles. The van der Waals surface area contributed by atoms with Crippen LogP contribution in [-0.4, -0.2) is 48.0 Å². The van der Waals surface area contributed by atoms with Crippen LogP contribution in [0.25, 0.3) is 0 Å². The van der Waals surface area contributed by atoms with Crippen molar-refractivity contribution in [3.8, 4) is 0 Å². The Balaban J connectivity index is 0.00000115. The predicted molar refractivity (Wildman–Crippen MR) is 129 cm³/mol. The van der Waals surface area contributed by atoms with Crippen molar-refractivity contribution < 1.29 is 31.5 Å². The summed E-state index contributed by atoms with van der Waals surface area (Å²) in [6.07, 6.45) is -0.843. The number of carboxylic acid groups (broad SMARTS) is 1. The topological polar surface area (TPSA) is 125 Å². The van der Waals surface area contributed by atoms with E-state index in [9.17, 15) is 21.6 Å². The number of thiazole rings is 1. The lowest BCUT2D eigenvalue weighted by Crippen LogP contribution is -2.20. The molecule has 36 heavy (non-hydrogen) atoms. The van der Waals surface area contributed by atoms with Gasteiger partial charge in [0, 0.05) is 24.0 Å². The van der Waals surface area contributed by atoms with E-state index in [-0.39, 0.29) is 24.5 Å². The molecule has 3 heterocycles. The lowest BCUT2D eigenvalue weighted by molar-refractivity contribution is -0.122. The summed E-state index contributed by atoms with van der Waals surface area (Å²) in [5, 5.41) is 10.6. The van der Waals surface area contributed by atoms with E-state index >= 15 is 0 Å². The summed E-state index contributed by atoms with van der Waals surface area (Å²) in [6, 6.07) is 7.12. The highest BCUT2D eigenvalue weighted by molar-refractivity contribution is 7.92. The second-order valence-electron chi connectivity index (χ2n) is 7.68. The zero-order valence-corrected chi connectivity index (χ0v) is 20.5. The van der Waals surface area contributed by atoms with Crippen LogP contribution in [0.2, 0.25) is 0 Å². The van der Waals surface area contributed by atoms with Crippen LogP contribution in [0.4, 0.5) is 24.7 Å². The summed E-state index contributed by atoms with van der Waals surface area (Å²) in [5.41, 5.74) is 1.81. The highest BCUT2D eigenvalue weighted by Crippen LogP contribution is 2.28.